The Kier molecular flexibility index (Phi) is 11.1. The standard InChI is InChI=1S/C36H33BrCl2F2N6O3/c1-47(22-13-10-19(11-14-22)36(48)50-3)18-20-12-15-26(45-35(20)49-2)25-8-4-6-23(29(25)38)24-7-5-9-27(30(24)39)43-33-31-28(16-21(37)17-42-31)44-34(46-33)32(40)41/h4-9,12,15-17,19,22,32H,10-11,13-14,18H2,1-3H3,(H,43,44,46). The number of carbonyl (C=O) groups is 1. The molecule has 1 aliphatic carbocycles. The van der Waals surface area contributed by atoms with Crippen LogP contribution in [0, 0.1) is 5.92 Å². The summed E-state index contributed by atoms with van der Waals surface area (Å²) in [5.74, 6) is -0.216. The third kappa shape index (κ3) is 7.53. The van der Waals surface area contributed by atoms with E-state index in [0.717, 1.165) is 31.2 Å². The number of ether oxygens (including phenoxy) is 2. The summed E-state index contributed by atoms with van der Waals surface area (Å²) in [5, 5.41) is 3.81. The molecule has 0 saturated heterocycles. The highest BCUT2D eigenvalue weighted by Gasteiger charge is 2.29. The van der Waals surface area contributed by atoms with Gasteiger partial charge in [-0.05, 0) is 66.9 Å². The summed E-state index contributed by atoms with van der Waals surface area (Å²) in [6.07, 6.45) is 2.08. The minimum Gasteiger partial charge on any atom is -0.481 e. The normalized spacial score (nSPS) is 16.2. The Morgan fingerprint density at radius 3 is 2.38 bits per heavy atom. The summed E-state index contributed by atoms with van der Waals surface area (Å²) in [7, 11) is 5.10. The summed E-state index contributed by atoms with van der Waals surface area (Å²) < 4.78 is 38.6. The molecule has 0 aliphatic heterocycles. The zero-order valence-corrected chi connectivity index (χ0v) is 30.5. The first-order chi connectivity index (χ1) is 24.1. The zero-order chi connectivity index (χ0) is 35.5. The summed E-state index contributed by atoms with van der Waals surface area (Å²) in [6.45, 7) is 0.625. The van der Waals surface area contributed by atoms with Gasteiger partial charge in [0, 0.05) is 45.5 Å². The van der Waals surface area contributed by atoms with Crippen LogP contribution in [0.15, 0.2) is 65.3 Å². The van der Waals surface area contributed by atoms with Gasteiger partial charge in [0.15, 0.2) is 11.6 Å². The number of alkyl halides is 2. The van der Waals surface area contributed by atoms with Crippen molar-refractivity contribution in [3.8, 4) is 28.3 Å². The van der Waals surface area contributed by atoms with E-state index in [1.54, 1.807) is 25.3 Å². The first-order valence-electron chi connectivity index (χ1n) is 15.9. The second-order valence-electron chi connectivity index (χ2n) is 12.0. The Bertz CT molecular complexity index is 2050. The predicted molar refractivity (Wildman–Crippen MR) is 194 cm³/mol. The van der Waals surface area contributed by atoms with Gasteiger partial charge >= 0.3 is 5.97 Å². The van der Waals surface area contributed by atoms with Crippen molar-refractivity contribution in [2.24, 2.45) is 5.92 Å². The number of nitrogens with one attached hydrogen (secondary N) is 1. The van der Waals surface area contributed by atoms with E-state index in [1.165, 1.54) is 13.3 Å². The highest BCUT2D eigenvalue weighted by Crippen LogP contribution is 2.42. The average molecular weight is 787 g/mol. The highest BCUT2D eigenvalue weighted by atomic mass is 79.9. The number of hydrogen-bond donors (Lipinski definition) is 1. The van der Waals surface area contributed by atoms with E-state index in [4.69, 9.17) is 37.7 Å². The quantitative estimate of drug-likeness (QED) is 0.139. The van der Waals surface area contributed by atoms with Crippen LogP contribution >= 0.6 is 39.1 Å². The summed E-state index contributed by atoms with van der Waals surface area (Å²) in [4.78, 5) is 31.4. The smallest absolute Gasteiger partial charge is 0.308 e. The fourth-order valence-corrected chi connectivity index (χ4v) is 7.25. The van der Waals surface area contributed by atoms with E-state index in [1.807, 2.05) is 36.4 Å². The van der Waals surface area contributed by atoms with Gasteiger partial charge in [-0.25, -0.2) is 28.7 Å². The lowest BCUT2D eigenvalue weighted by molar-refractivity contribution is -0.146. The molecule has 2 aromatic carbocycles. The molecule has 0 bridgehead atoms. The largest absolute Gasteiger partial charge is 0.481 e. The number of esters is 1. The first kappa shape index (κ1) is 35.8. The van der Waals surface area contributed by atoms with Crippen LogP contribution in [0.25, 0.3) is 33.4 Å². The second kappa shape index (κ2) is 15.5. The van der Waals surface area contributed by atoms with Gasteiger partial charge in [-0.1, -0.05) is 59.6 Å². The zero-order valence-electron chi connectivity index (χ0n) is 27.4. The van der Waals surface area contributed by atoms with Gasteiger partial charge in [0.1, 0.15) is 5.52 Å². The van der Waals surface area contributed by atoms with Crippen molar-refractivity contribution >= 4 is 67.6 Å². The van der Waals surface area contributed by atoms with Gasteiger partial charge < -0.3 is 14.8 Å². The van der Waals surface area contributed by atoms with E-state index in [2.05, 4.69) is 48.1 Å². The van der Waals surface area contributed by atoms with Crippen LogP contribution in [0.1, 0.15) is 43.5 Å². The number of hydrogen-bond acceptors (Lipinski definition) is 9. The van der Waals surface area contributed by atoms with Crippen molar-refractivity contribution < 1.29 is 23.0 Å². The highest BCUT2D eigenvalue weighted by molar-refractivity contribution is 9.10. The second-order valence-corrected chi connectivity index (χ2v) is 13.7. The molecule has 260 valence electrons. The van der Waals surface area contributed by atoms with Crippen LogP contribution < -0.4 is 10.1 Å². The van der Waals surface area contributed by atoms with E-state index < -0.39 is 12.2 Å². The summed E-state index contributed by atoms with van der Waals surface area (Å²) >= 11 is 17.3. The molecular formula is C36H33BrCl2F2N6O3. The molecule has 0 radical (unpaired) electrons. The number of carbonyl (C=O) groups excluding carboxylic acids is 1. The molecule has 0 unspecified atom stereocenters. The summed E-state index contributed by atoms with van der Waals surface area (Å²) in [6, 6.07) is 16.7. The first-order valence-corrected chi connectivity index (χ1v) is 17.4. The van der Waals surface area contributed by atoms with Crippen LogP contribution in [-0.4, -0.2) is 58.1 Å². The Labute approximate surface area is 306 Å². The van der Waals surface area contributed by atoms with Crippen molar-refractivity contribution in [2.75, 3.05) is 26.6 Å². The van der Waals surface area contributed by atoms with Gasteiger partial charge in [0.25, 0.3) is 6.43 Å². The fraction of sp³-hybridized carbons (Fsp3) is 0.306. The number of aromatic nitrogens is 4. The number of fused-ring (bicyclic) bond motifs is 1. The average Bonchev–Trinajstić information content (AvgIpc) is 3.12. The fourth-order valence-electron chi connectivity index (χ4n) is 6.33. The molecule has 1 saturated carbocycles. The van der Waals surface area contributed by atoms with Gasteiger partial charge in [0.2, 0.25) is 5.88 Å². The van der Waals surface area contributed by atoms with Crippen LogP contribution in [0.4, 0.5) is 20.3 Å². The number of rotatable bonds is 10. The Morgan fingerprint density at radius 2 is 1.68 bits per heavy atom. The lowest BCUT2D eigenvalue weighted by Crippen LogP contribution is -2.36. The minimum absolute atomic E-state index is 0.0330. The molecule has 0 atom stereocenters. The van der Waals surface area contributed by atoms with Gasteiger partial charge in [-0.15, -0.1) is 0 Å². The van der Waals surface area contributed by atoms with E-state index in [9.17, 15) is 13.6 Å². The molecule has 14 heteroatoms. The van der Waals surface area contributed by atoms with Crippen LogP contribution in [0.2, 0.25) is 10.0 Å². The van der Waals surface area contributed by atoms with Crippen molar-refractivity contribution in [2.45, 2.75) is 44.7 Å². The molecule has 1 N–H and O–H groups in total. The van der Waals surface area contributed by atoms with Crippen molar-refractivity contribution in [3.63, 3.8) is 0 Å². The van der Waals surface area contributed by atoms with Gasteiger partial charge in [0.05, 0.1) is 47.1 Å². The number of nitrogens with zero attached hydrogens (tertiary/aromatic N) is 5. The SMILES string of the molecule is COC(=O)C1CCC(N(C)Cc2ccc(-c3cccc(-c4cccc(Nc5nc(C(F)F)nc6cc(Br)cnc56)c4Cl)c3Cl)nc2OC)CC1. The number of benzene rings is 2. The lowest BCUT2D eigenvalue weighted by Gasteiger charge is -2.34. The van der Waals surface area contributed by atoms with Crippen LogP contribution in [0.3, 0.4) is 0 Å². The predicted octanol–water partition coefficient (Wildman–Crippen LogP) is 9.68. The summed E-state index contributed by atoms with van der Waals surface area (Å²) in [5.41, 5.74) is 4.45. The van der Waals surface area contributed by atoms with E-state index >= 15 is 0 Å². The molecule has 50 heavy (non-hydrogen) atoms. The Morgan fingerprint density at radius 1 is 0.980 bits per heavy atom. The van der Waals surface area contributed by atoms with Crippen molar-refractivity contribution in [3.05, 3.63) is 86.7 Å². The van der Waals surface area contributed by atoms with Crippen molar-refractivity contribution in [1.82, 2.24) is 24.8 Å². The Balaban J connectivity index is 1.26. The molecule has 1 fully saturated rings. The number of anilines is 2. The van der Waals surface area contributed by atoms with E-state index in [-0.39, 0.29) is 23.2 Å². The third-order valence-electron chi connectivity index (χ3n) is 8.94. The van der Waals surface area contributed by atoms with Crippen LogP contribution in [-0.2, 0) is 16.1 Å². The van der Waals surface area contributed by atoms with Crippen LogP contribution in [0.5, 0.6) is 5.88 Å². The van der Waals surface area contributed by atoms with Crippen molar-refractivity contribution in [1.29, 1.82) is 0 Å². The number of pyridine rings is 2. The monoisotopic (exact) mass is 784 g/mol. The number of halogens is 5. The molecule has 3 heterocycles. The van der Waals surface area contributed by atoms with Gasteiger partial charge in [-0.3, -0.25) is 9.69 Å². The molecule has 3 aromatic heterocycles. The van der Waals surface area contributed by atoms with Gasteiger partial charge in [-0.2, -0.15) is 0 Å². The maximum absolute atomic E-state index is 13.7. The maximum Gasteiger partial charge on any atom is 0.308 e. The molecule has 6 rings (SSSR count). The molecule has 5 aromatic rings. The molecule has 0 spiro atoms. The lowest BCUT2D eigenvalue weighted by atomic mass is 9.85. The molecular weight excluding hydrogens is 753 g/mol. The third-order valence-corrected chi connectivity index (χ3v) is 10.2. The topological polar surface area (TPSA) is 102 Å². The minimum atomic E-state index is -2.89. The molecule has 0 amide bonds. The number of methoxy groups -OCH3 is 2. The Hall–Kier alpha value is -3.97. The van der Waals surface area contributed by atoms with E-state index in [0.29, 0.717) is 66.6 Å². The molecule has 9 nitrogen and oxygen atoms in total. The molecule has 1 aliphatic rings. The maximum atomic E-state index is 13.7.